The van der Waals surface area contributed by atoms with Crippen molar-refractivity contribution in [3.8, 4) is 0 Å². The molecule has 0 aromatic carbocycles. The van der Waals surface area contributed by atoms with E-state index in [1.54, 1.807) is 12.4 Å². The maximum Gasteiger partial charge on any atom is 0.410 e. The lowest BCUT2D eigenvalue weighted by atomic mass is 10.2. The summed E-state index contributed by atoms with van der Waals surface area (Å²) in [6, 6.07) is 0. The number of rotatable bonds is 3. The van der Waals surface area contributed by atoms with Crippen LogP contribution in [0.25, 0.3) is 0 Å². The maximum absolute atomic E-state index is 11.6. The molecule has 0 radical (unpaired) electrons. The number of ether oxygens (including phenoxy) is 1. The standard InChI is InChI=1S/C11H16N2O3S/c1-11(2,3)16-10(15)13(4)5-8-7-17-9(6-14)12-8/h6-7H,5H2,1-4H3. The molecule has 1 amide bonds. The molecule has 0 fully saturated rings. The number of hydrogen-bond acceptors (Lipinski definition) is 5. The van der Waals surface area contributed by atoms with E-state index in [0.717, 1.165) is 0 Å². The Morgan fingerprint density at radius 1 is 1.59 bits per heavy atom. The highest BCUT2D eigenvalue weighted by molar-refractivity contribution is 7.11. The van der Waals surface area contributed by atoms with Gasteiger partial charge >= 0.3 is 6.09 Å². The summed E-state index contributed by atoms with van der Waals surface area (Å²) in [6.45, 7) is 5.77. The lowest BCUT2D eigenvalue weighted by Gasteiger charge is -2.24. The first-order chi connectivity index (χ1) is 7.81. The SMILES string of the molecule is CN(Cc1csc(C=O)n1)C(=O)OC(C)(C)C. The number of amides is 1. The first-order valence-corrected chi connectivity index (χ1v) is 6.03. The first-order valence-electron chi connectivity index (χ1n) is 5.15. The number of hydrogen-bond donors (Lipinski definition) is 0. The van der Waals surface area contributed by atoms with Gasteiger partial charge in [0.15, 0.2) is 11.3 Å². The van der Waals surface area contributed by atoms with Crippen LogP contribution in [0.15, 0.2) is 5.38 Å². The average Bonchev–Trinajstić information content (AvgIpc) is 2.62. The van der Waals surface area contributed by atoms with E-state index in [4.69, 9.17) is 4.74 Å². The second-order valence-electron chi connectivity index (χ2n) is 4.63. The van der Waals surface area contributed by atoms with Gasteiger partial charge in [0, 0.05) is 12.4 Å². The van der Waals surface area contributed by atoms with Crippen LogP contribution in [0.5, 0.6) is 0 Å². The summed E-state index contributed by atoms with van der Waals surface area (Å²) in [5.74, 6) is 0. The molecule has 94 valence electrons. The van der Waals surface area contributed by atoms with Crippen molar-refractivity contribution in [2.24, 2.45) is 0 Å². The van der Waals surface area contributed by atoms with E-state index in [1.807, 2.05) is 20.8 Å². The quantitative estimate of drug-likeness (QED) is 0.779. The topological polar surface area (TPSA) is 59.5 Å². The van der Waals surface area contributed by atoms with E-state index in [1.165, 1.54) is 16.2 Å². The van der Waals surface area contributed by atoms with Gasteiger partial charge in [-0.1, -0.05) is 0 Å². The molecule has 0 spiro atoms. The van der Waals surface area contributed by atoms with Crippen LogP contribution in [0, 0.1) is 0 Å². The lowest BCUT2D eigenvalue weighted by Crippen LogP contribution is -2.33. The van der Waals surface area contributed by atoms with Crippen LogP contribution in [0.2, 0.25) is 0 Å². The van der Waals surface area contributed by atoms with Gasteiger partial charge < -0.3 is 9.64 Å². The molecular weight excluding hydrogens is 240 g/mol. The fourth-order valence-electron chi connectivity index (χ4n) is 1.10. The third kappa shape index (κ3) is 4.52. The van der Waals surface area contributed by atoms with E-state index in [0.29, 0.717) is 23.5 Å². The first kappa shape index (κ1) is 13.6. The van der Waals surface area contributed by atoms with Gasteiger partial charge in [-0.25, -0.2) is 9.78 Å². The summed E-state index contributed by atoms with van der Waals surface area (Å²) < 4.78 is 5.20. The van der Waals surface area contributed by atoms with Crippen LogP contribution in [0.3, 0.4) is 0 Å². The highest BCUT2D eigenvalue weighted by Crippen LogP contribution is 2.12. The fourth-order valence-corrected chi connectivity index (χ4v) is 1.71. The number of aromatic nitrogens is 1. The van der Waals surface area contributed by atoms with Crippen molar-refractivity contribution < 1.29 is 14.3 Å². The van der Waals surface area contributed by atoms with Gasteiger partial charge in [-0.15, -0.1) is 11.3 Å². The maximum atomic E-state index is 11.6. The van der Waals surface area contributed by atoms with Gasteiger partial charge in [-0.3, -0.25) is 4.79 Å². The van der Waals surface area contributed by atoms with Crippen molar-refractivity contribution in [2.75, 3.05) is 7.05 Å². The van der Waals surface area contributed by atoms with Crippen molar-refractivity contribution in [2.45, 2.75) is 32.9 Å². The largest absolute Gasteiger partial charge is 0.444 e. The number of carbonyl (C=O) groups is 2. The second-order valence-corrected chi connectivity index (χ2v) is 5.52. The van der Waals surface area contributed by atoms with E-state index in [2.05, 4.69) is 4.98 Å². The summed E-state index contributed by atoms with van der Waals surface area (Å²) in [7, 11) is 1.63. The normalized spacial score (nSPS) is 11.1. The van der Waals surface area contributed by atoms with E-state index >= 15 is 0 Å². The van der Waals surface area contributed by atoms with E-state index < -0.39 is 11.7 Å². The summed E-state index contributed by atoms with van der Waals surface area (Å²) in [6.07, 6.45) is 0.292. The third-order valence-corrected chi connectivity index (χ3v) is 2.59. The summed E-state index contributed by atoms with van der Waals surface area (Å²) in [5, 5.41) is 2.17. The Morgan fingerprint density at radius 2 is 2.24 bits per heavy atom. The second kappa shape index (κ2) is 5.27. The monoisotopic (exact) mass is 256 g/mol. The molecule has 1 aromatic heterocycles. The minimum absolute atomic E-state index is 0.333. The molecule has 6 heteroatoms. The van der Waals surface area contributed by atoms with Crippen molar-refractivity contribution >= 4 is 23.7 Å². The van der Waals surface area contributed by atoms with Gasteiger partial charge in [0.1, 0.15) is 5.60 Å². The molecule has 1 heterocycles. The molecule has 0 aliphatic heterocycles. The third-order valence-electron chi connectivity index (χ3n) is 1.77. The van der Waals surface area contributed by atoms with Crippen LogP contribution in [0.1, 0.15) is 36.3 Å². The molecule has 0 N–H and O–H groups in total. The summed E-state index contributed by atoms with van der Waals surface area (Å²) in [5.41, 5.74) is 0.173. The van der Waals surface area contributed by atoms with Gasteiger partial charge in [-0.05, 0) is 20.8 Å². The zero-order valence-corrected chi connectivity index (χ0v) is 11.2. The minimum atomic E-state index is -0.513. The average molecular weight is 256 g/mol. The molecule has 0 unspecified atom stereocenters. The Labute approximate surface area is 104 Å². The van der Waals surface area contributed by atoms with E-state index in [9.17, 15) is 9.59 Å². The Morgan fingerprint density at radius 3 is 2.71 bits per heavy atom. The molecule has 0 aliphatic rings. The Hall–Kier alpha value is -1.43. The highest BCUT2D eigenvalue weighted by Gasteiger charge is 2.20. The predicted octanol–water partition coefficient (Wildman–Crippen LogP) is 2.32. The summed E-state index contributed by atoms with van der Waals surface area (Å²) >= 11 is 1.26. The van der Waals surface area contributed by atoms with Crippen molar-refractivity contribution in [3.05, 3.63) is 16.1 Å². The van der Waals surface area contributed by atoms with Gasteiger partial charge in [0.05, 0.1) is 12.2 Å². The highest BCUT2D eigenvalue weighted by atomic mass is 32.1. The Kier molecular flexibility index (Phi) is 4.22. The molecular formula is C11H16N2O3S. The van der Waals surface area contributed by atoms with Gasteiger partial charge in [0.25, 0.3) is 0 Å². The number of aldehydes is 1. The van der Waals surface area contributed by atoms with Crippen LogP contribution >= 0.6 is 11.3 Å². The Bertz CT molecular complexity index is 409. The molecule has 0 saturated carbocycles. The molecule has 0 saturated heterocycles. The molecule has 0 atom stereocenters. The lowest BCUT2D eigenvalue weighted by molar-refractivity contribution is 0.0283. The molecule has 17 heavy (non-hydrogen) atoms. The number of thiazole rings is 1. The van der Waals surface area contributed by atoms with Crippen LogP contribution in [-0.2, 0) is 11.3 Å². The van der Waals surface area contributed by atoms with Crippen LogP contribution < -0.4 is 0 Å². The molecule has 1 rings (SSSR count). The molecule has 0 aliphatic carbocycles. The van der Waals surface area contributed by atoms with Gasteiger partial charge in [0.2, 0.25) is 0 Å². The smallest absolute Gasteiger partial charge is 0.410 e. The Balaban J connectivity index is 2.56. The predicted molar refractivity (Wildman–Crippen MR) is 65.2 cm³/mol. The zero-order valence-electron chi connectivity index (χ0n) is 10.4. The summed E-state index contributed by atoms with van der Waals surface area (Å²) in [4.78, 5) is 27.6. The zero-order chi connectivity index (χ0) is 13.1. The molecule has 1 aromatic rings. The fraction of sp³-hybridized carbons (Fsp3) is 0.545. The minimum Gasteiger partial charge on any atom is -0.444 e. The van der Waals surface area contributed by atoms with Crippen LogP contribution in [-0.4, -0.2) is 34.9 Å². The number of carbonyl (C=O) groups excluding carboxylic acids is 2. The van der Waals surface area contributed by atoms with Crippen molar-refractivity contribution in [1.82, 2.24) is 9.88 Å². The number of nitrogens with zero attached hydrogens (tertiary/aromatic N) is 2. The molecule has 0 bridgehead atoms. The molecule has 5 nitrogen and oxygen atoms in total. The van der Waals surface area contributed by atoms with Crippen LogP contribution in [0.4, 0.5) is 4.79 Å². The van der Waals surface area contributed by atoms with Crippen molar-refractivity contribution in [1.29, 1.82) is 0 Å². The van der Waals surface area contributed by atoms with Gasteiger partial charge in [-0.2, -0.15) is 0 Å². The van der Waals surface area contributed by atoms with E-state index in [-0.39, 0.29) is 0 Å². The van der Waals surface area contributed by atoms with Crippen molar-refractivity contribution in [3.63, 3.8) is 0 Å².